The molecule has 1 aliphatic rings. The summed E-state index contributed by atoms with van der Waals surface area (Å²) >= 11 is 0. The van der Waals surface area contributed by atoms with Gasteiger partial charge in [0.15, 0.2) is 5.82 Å². The van der Waals surface area contributed by atoms with E-state index in [1.165, 1.54) is 17.7 Å². The molecule has 4 aromatic rings. The van der Waals surface area contributed by atoms with Gasteiger partial charge < -0.3 is 4.90 Å². The molecule has 0 saturated carbocycles. The molecule has 0 aliphatic carbocycles. The van der Waals surface area contributed by atoms with Crippen molar-refractivity contribution in [2.24, 2.45) is 0 Å². The van der Waals surface area contributed by atoms with Crippen LogP contribution in [0, 0.1) is 5.82 Å². The molecule has 5 rings (SSSR count). The van der Waals surface area contributed by atoms with Crippen molar-refractivity contribution in [2.45, 2.75) is 6.54 Å². The summed E-state index contributed by atoms with van der Waals surface area (Å²) in [4.78, 5) is 4.83. The Hall–Kier alpha value is -3.44. The van der Waals surface area contributed by atoms with Gasteiger partial charge in [0, 0.05) is 44.4 Å². The molecule has 5 heteroatoms. The summed E-state index contributed by atoms with van der Waals surface area (Å²) in [5, 5.41) is 4.92. The van der Waals surface area contributed by atoms with Gasteiger partial charge in [0.1, 0.15) is 5.82 Å². The number of piperazine rings is 1. The Bertz CT molecular complexity index is 1120. The van der Waals surface area contributed by atoms with Crippen LogP contribution in [0.4, 0.5) is 10.2 Å². The topological polar surface area (TPSA) is 24.3 Å². The third-order valence-corrected chi connectivity index (χ3v) is 5.78. The molecule has 3 aromatic carbocycles. The highest BCUT2D eigenvalue weighted by atomic mass is 19.1. The molecule has 4 nitrogen and oxygen atoms in total. The van der Waals surface area contributed by atoms with Crippen molar-refractivity contribution in [3.8, 4) is 16.9 Å². The molecule has 156 valence electrons. The zero-order valence-electron chi connectivity index (χ0n) is 17.4. The number of aromatic nitrogens is 2. The van der Waals surface area contributed by atoms with E-state index >= 15 is 0 Å². The molecule has 1 saturated heterocycles. The molecular weight excluding hydrogens is 387 g/mol. The Labute approximate surface area is 182 Å². The van der Waals surface area contributed by atoms with Crippen molar-refractivity contribution in [3.63, 3.8) is 0 Å². The fourth-order valence-electron chi connectivity index (χ4n) is 4.09. The average molecular weight is 413 g/mol. The van der Waals surface area contributed by atoms with E-state index in [9.17, 15) is 4.39 Å². The van der Waals surface area contributed by atoms with Crippen LogP contribution in [0.25, 0.3) is 16.9 Å². The second-order valence-electron chi connectivity index (χ2n) is 7.89. The molecule has 0 amide bonds. The van der Waals surface area contributed by atoms with Crippen molar-refractivity contribution in [1.82, 2.24) is 14.7 Å². The van der Waals surface area contributed by atoms with Crippen LogP contribution in [0.3, 0.4) is 0 Å². The number of nitrogens with zero attached hydrogens (tertiary/aromatic N) is 4. The third kappa shape index (κ3) is 4.37. The summed E-state index contributed by atoms with van der Waals surface area (Å²) in [7, 11) is 0. The van der Waals surface area contributed by atoms with E-state index in [2.05, 4.69) is 58.3 Å². The molecule has 0 atom stereocenters. The summed E-state index contributed by atoms with van der Waals surface area (Å²) in [5.41, 5.74) is 4.30. The second-order valence-corrected chi connectivity index (χ2v) is 7.89. The average Bonchev–Trinajstić information content (AvgIpc) is 3.27. The Morgan fingerprint density at radius 1 is 0.742 bits per heavy atom. The molecule has 0 bridgehead atoms. The van der Waals surface area contributed by atoms with Gasteiger partial charge in [-0.05, 0) is 29.8 Å². The first-order valence-electron chi connectivity index (χ1n) is 10.7. The SMILES string of the molecule is Fc1ccc(-n2nc(N3CCN(Cc4ccccc4)CC3)cc2-c2ccccc2)cc1. The highest BCUT2D eigenvalue weighted by Crippen LogP contribution is 2.28. The predicted molar refractivity (Wildman–Crippen MR) is 123 cm³/mol. The largest absolute Gasteiger partial charge is 0.353 e. The third-order valence-electron chi connectivity index (χ3n) is 5.78. The second kappa shape index (κ2) is 8.74. The lowest BCUT2D eigenvalue weighted by molar-refractivity contribution is 0.249. The monoisotopic (exact) mass is 412 g/mol. The Kier molecular flexibility index (Phi) is 5.50. The van der Waals surface area contributed by atoms with Crippen LogP contribution in [0.15, 0.2) is 91.0 Å². The molecule has 0 radical (unpaired) electrons. The lowest BCUT2D eigenvalue weighted by Crippen LogP contribution is -2.46. The van der Waals surface area contributed by atoms with E-state index in [-0.39, 0.29) is 5.82 Å². The first-order valence-corrected chi connectivity index (χ1v) is 10.7. The highest BCUT2D eigenvalue weighted by molar-refractivity contribution is 5.66. The van der Waals surface area contributed by atoms with Gasteiger partial charge in [-0.15, -0.1) is 5.10 Å². The van der Waals surface area contributed by atoms with Gasteiger partial charge in [-0.25, -0.2) is 9.07 Å². The minimum Gasteiger partial charge on any atom is -0.353 e. The van der Waals surface area contributed by atoms with Crippen LogP contribution in [0.2, 0.25) is 0 Å². The minimum atomic E-state index is -0.244. The van der Waals surface area contributed by atoms with Gasteiger partial charge in [-0.1, -0.05) is 60.7 Å². The Balaban J connectivity index is 1.38. The van der Waals surface area contributed by atoms with Crippen molar-refractivity contribution in [2.75, 3.05) is 31.1 Å². The Morgan fingerprint density at radius 3 is 2.06 bits per heavy atom. The van der Waals surface area contributed by atoms with Crippen LogP contribution in [-0.2, 0) is 6.54 Å². The van der Waals surface area contributed by atoms with E-state index in [1.807, 2.05) is 22.9 Å². The van der Waals surface area contributed by atoms with Crippen molar-refractivity contribution >= 4 is 5.82 Å². The summed E-state index contributed by atoms with van der Waals surface area (Å²) in [5.74, 6) is 0.717. The fraction of sp³-hybridized carbons (Fsp3) is 0.192. The highest BCUT2D eigenvalue weighted by Gasteiger charge is 2.21. The quantitative estimate of drug-likeness (QED) is 0.461. The smallest absolute Gasteiger partial charge is 0.151 e. The number of hydrogen-bond acceptors (Lipinski definition) is 3. The van der Waals surface area contributed by atoms with Gasteiger partial charge in [0.2, 0.25) is 0 Å². The zero-order chi connectivity index (χ0) is 21.0. The zero-order valence-corrected chi connectivity index (χ0v) is 17.4. The normalized spacial score (nSPS) is 14.7. The number of halogens is 1. The molecular formula is C26H25FN4. The van der Waals surface area contributed by atoms with E-state index < -0.39 is 0 Å². The fourth-order valence-corrected chi connectivity index (χ4v) is 4.09. The van der Waals surface area contributed by atoms with E-state index in [0.29, 0.717) is 0 Å². The van der Waals surface area contributed by atoms with Crippen LogP contribution in [0.1, 0.15) is 5.56 Å². The molecule has 1 aliphatic heterocycles. The molecule has 2 heterocycles. The molecule has 1 aromatic heterocycles. The van der Waals surface area contributed by atoms with E-state index in [0.717, 1.165) is 55.5 Å². The van der Waals surface area contributed by atoms with Crippen LogP contribution in [-0.4, -0.2) is 40.9 Å². The van der Waals surface area contributed by atoms with E-state index in [4.69, 9.17) is 5.10 Å². The number of hydrogen-bond donors (Lipinski definition) is 0. The summed E-state index contributed by atoms with van der Waals surface area (Å²) in [6.07, 6.45) is 0. The van der Waals surface area contributed by atoms with Crippen LogP contribution in [0.5, 0.6) is 0 Å². The minimum absolute atomic E-state index is 0.244. The Morgan fingerprint density at radius 2 is 1.39 bits per heavy atom. The standard InChI is InChI=1S/C26H25FN4/c27-23-11-13-24(14-12-23)31-25(22-9-5-2-6-10-22)19-26(28-31)30-17-15-29(16-18-30)20-21-7-3-1-4-8-21/h1-14,19H,15-18,20H2. The van der Waals surface area contributed by atoms with Gasteiger partial charge >= 0.3 is 0 Å². The van der Waals surface area contributed by atoms with Crippen LogP contribution < -0.4 is 4.90 Å². The number of anilines is 1. The van der Waals surface area contributed by atoms with Gasteiger partial charge in [-0.3, -0.25) is 4.90 Å². The van der Waals surface area contributed by atoms with Crippen LogP contribution >= 0.6 is 0 Å². The maximum atomic E-state index is 13.5. The lowest BCUT2D eigenvalue weighted by Gasteiger charge is -2.34. The van der Waals surface area contributed by atoms with Gasteiger partial charge in [0.25, 0.3) is 0 Å². The number of benzene rings is 3. The van der Waals surface area contributed by atoms with Crippen molar-refractivity contribution < 1.29 is 4.39 Å². The lowest BCUT2D eigenvalue weighted by atomic mass is 10.1. The van der Waals surface area contributed by atoms with Crippen molar-refractivity contribution in [3.05, 3.63) is 102 Å². The predicted octanol–water partition coefficient (Wildman–Crippen LogP) is 5.00. The summed E-state index contributed by atoms with van der Waals surface area (Å²) in [6.45, 7) is 4.84. The van der Waals surface area contributed by atoms with Gasteiger partial charge in [0.05, 0.1) is 11.4 Å². The molecule has 0 N–H and O–H groups in total. The molecule has 31 heavy (non-hydrogen) atoms. The number of rotatable bonds is 5. The van der Waals surface area contributed by atoms with E-state index in [1.54, 1.807) is 12.1 Å². The molecule has 0 spiro atoms. The summed E-state index contributed by atoms with van der Waals surface area (Å²) in [6, 6.07) is 29.5. The maximum absolute atomic E-state index is 13.5. The van der Waals surface area contributed by atoms with Gasteiger partial charge in [-0.2, -0.15) is 0 Å². The first kappa shape index (κ1) is 19.5. The molecule has 0 unspecified atom stereocenters. The van der Waals surface area contributed by atoms with Crippen molar-refractivity contribution in [1.29, 1.82) is 0 Å². The first-order chi connectivity index (χ1) is 15.3. The summed E-state index contributed by atoms with van der Waals surface area (Å²) < 4.78 is 15.4. The maximum Gasteiger partial charge on any atom is 0.151 e. The molecule has 1 fully saturated rings.